The zero-order valence-electron chi connectivity index (χ0n) is 17.7. The summed E-state index contributed by atoms with van der Waals surface area (Å²) in [5.74, 6) is 0.185. The summed E-state index contributed by atoms with van der Waals surface area (Å²) in [6.45, 7) is 7.99. The van der Waals surface area contributed by atoms with E-state index in [4.69, 9.17) is 12.2 Å². The molecule has 32 heavy (non-hydrogen) atoms. The molecule has 1 atom stereocenters. The van der Waals surface area contributed by atoms with Gasteiger partial charge in [0.15, 0.2) is 0 Å². The summed E-state index contributed by atoms with van der Waals surface area (Å²) >= 11 is 6.71. The lowest BCUT2D eigenvalue weighted by Crippen LogP contribution is -2.31. The highest BCUT2D eigenvalue weighted by Crippen LogP contribution is 2.38. The minimum Gasteiger partial charge on any atom is -0.366 e. The third-order valence-electron chi connectivity index (χ3n) is 5.27. The molecule has 6 nitrogen and oxygen atoms in total. The van der Waals surface area contributed by atoms with Crippen molar-refractivity contribution in [1.29, 1.82) is 0 Å². The first kappa shape index (κ1) is 22.0. The number of fused-ring (bicyclic) bond motifs is 1. The summed E-state index contributed by atoms with van der Waals surface area (Å²) in [5, 5.41) is 3.13. The number of thioether (sulfide) groups is 1. The van der Waals surface area contributed by atoms with Crippen molar-refractivity contribution in [1.82, 2.24) is 14.3 Å². The monoisotopic (exact) mass is 462 g/mol. The number of benzene rings is 1. The molecule has 3 aromatic rings. The van der Waals surface area contributed by atoms with Gasteiger partial charge in [0.1, 0.15) is 15.8 Å². The van der Waals surface area contributed by atoms with Crippen molar-refractivity contribution in [3.05, 3.63) is 93.3 Å². The second-order valence-corrected chi connectivity index (χ2v) is 9.05. The van der Waals surface area contributed by atoms with Crippen LogP contribution in [0, 0.1) is 6.92 Å². The number of rotatable bonds is 6. The minimum absolute atomic E-state index is 0.216. The number of anilines is 1. The minimum atomic E-state index is -0.258. The molecule has 1 aromatic carbocycles. The number of aromatic nitrogens is 2. The molecule has 0 bridgehead atoms. The van der Waals surface area contributed by atoms with Crippen molar-refractivity contribution in [3.8, 4) is 0 Å². The van der Waals surface area contributed by atoms with Crippen LogP contribution in [0.4, 0.5) is 5.82 Å². The smallest absolute Gasteiger partial charge is 0.267 e. The first-order valence-corrected chi connectivity index (χ1v) is 11.3. The van der Waals surface area contributed by atoms with Crippen LogP contribution in [0.25, 0.3) is 11.7 Å². The molecule has 2 aromatic heterocycles. The number of amides is 1. The van der Waals surface area contributed by atoms with Gasteiger partial charge < -0.3 is 5.32 Å². The topological polar surface area (TPSA) is 66.7 Å². The molecule has 1 aliphatic rings. The molecule has 3 heterocycles. The van der Waals surface area contributed by atoms with Crippen LogP contribution in [0.2, 0.25) is 0 Å². The number of thiocarbonyl (C=S) groups is 1. The summed E-state index contributed by atoms with van der Waals surface area (Å²) in [4.78, 5) is 33.2. The van der Waals surface area contributed by atoms with Crippen molar-refractivity contribution in [2.75, 3.05) is 11.9 Å². The van der Waals surface area contributed by atoms with Gasteiger partial charge in [0, 0.05) is 12.7 Å². The molecule has 1 aliphatic heterocycles. The fourth-order valence-corrected chi connectivity index (χ4v) is 4.97. The molecular formula is C24H22N4O2S2. The standard InChI is InChI=1S/C24H22N4O2S2/c1-4-12-25-20-18(22(29)27-13-8-9-15(2)21(27)26-20)14-19-23(30)28(24(31)32-19)16(3)17-10-6-5-7-11-17/h4-11,13-14,16,25H,1,12H2,2-3H3/b19-14-/t16-/m1/s1. The maximum Gasteiger partial charge on any atom is 0.267 e. The molecule has 0 unspecified atom stereocenters. The van der Waals surface area contributed by atoms with Gasteiger partial charge in [-0.05, 0) is 37.1 Å². The van der Waals surface area contributed by atoms with E-state index in [2.05, 4.69) is 16.9 Å². The van der Waals surface area contributed by atoms with Gasteiger partial charge in [-0.3, -0.25) is 18.9 Å². The Kier molecular flexibility index (Phi) is 6.25. The summed E-state index contributed by atoms with van der Waals surface area (Å²) in [6.07, 6.45) is 4.95. The van der Waals surface area contributed by atoms with E-state index >= 15 is 0 Å². The lowest BCUT2D eigenvalue weighted by molar-refractivity contribution is -0.123. The van der Waals surface area contributed by atoms with Gasteiger partial charge in [-0.25, -0.2) is 4.98 Å². The summed E-state index contributed by atoms with van der Waals surface area (Å²) < 4.78 is 1.95. The molecular weight excluding hydrogens is 440 g/mol. The van der Waals surface area contributed by atoms with Crippen LogP contribution in [-0.2, 0) is 4.79 Å². The Morgan fingerprint density at radius 3 is 2.69 bits per heavy atom. The van der Waals surface area contributed by atoms with Crippen LogP contribution in [0.3, 0.4) is 0 Å². The summed E-state index contributed by atoms with van der Waals surface area (Å²) in [5.41, 5.74) is 2.48. The first-order valence-electron chi connectivity index (χ1n) is 10.1. The van der Waals surface area contributed by atoms with Crippen molar-refractivity contribution >= 4 is 51.7 Å². The van der Waals surface area contributed by atoms with Crippen molar-refractivity contribution < 1.29 is 4.79 Å². The fourth-order valence-electron chi connectivity index (χ4n) is 3.57. The maximum absolute atomic E-state index is 13.3. The van der Waals surface area contributed by atoms with Gasteiger partial charge in [-0.2, -0.15) is 0 Å². The van der Waals surface area contributed by atoms with Crippen LogP contribution in [0.5, 0.6) is 0 Å². The van der Waals surface area contributed by atoms with E-state index in [1.807, 2.05) is 50.2 Å². The maximum atomic E-state index is 13.3. The van der Waals surface area contributed by atoms with E-state index in [-0.39, 0.29) is 17.5 Å². The average Bonchev–Trinajstić information content (AvgIpc) is 3.08. The van der Waals surface area contributed by atoms with Crippen LogP contribution >= 0.6 is 24.0 Å². The van der Waals surface area contributed by atoms with Crippen molar-refractivity contribution in [3.63, 3.8) is 0 Å². The number of nitrogens with one attached hydrogen (secondary N) is 1. The lowest BCUT2D eigenvalue weighted by Gasteiger charge is -2.23. The predicted molar refractivity (Wildman–Crippen MR) is 135 cm³/mol. The van der Waals surface area contributed by atoms with Crippen molar-refractivity contribution in [2.45, 2.75) is 19.9 Å². The Morgan fingerprint density at radius 1 is 1.22 bits per heavy atom. The van der Waals surface area contributed by atoms with Gasteiger partial charge in [0.2, 0.25) is 0 Å². The largest absolute Gasteiger partial charge is 0.366 e. The van der Waals surface area contributed by atoms with Crippen molar-refractivity contribution in [2.24, 2.45) is 0 Å². The van der Waals surface area contributed by atoms with Crippen LogP contribution in [0.15, 0.2) is 71.0 Å². The first-order chi connectivity index (χ1) is 15.4. The molecule has 1 fully saturated rings. The Labute approximate surface area is 195 Å². The molecule has 0 aliphatic carbocycles. The fraction of sp³-hybridized carbons (Fsp3) is 0.167. The quantitative estimate of drug-likeness (QED) is 0.329. The predicted octanol–water partition coefficient (Wildman–Crippen LogP) is 4.56. The SMILES string of the molecule is C=CCNc1nc2c(C)cccn2c(=O)c1/C=C1\SC(=S)N([C@H](C)c2ccccc2)C1=O. The van der Waals surface area contributed by atoms with Crippen LogP contribution in [-0.4, -0.2) is 31.1 Å². The second kappa shape index (κ2) is 9.10. The number of hydrogen-bond acceptors (Lipinski definition) is 6. The molecule has 8 heteroatoms. The Balaban J connectivity index is 1.79. The molecule has 1 saturated heterocycles. The Bertz CT molecular complexity index is 1310. The number of carbonyl (C=O) groups excluding carboxylic acids is 1. The van der Waals surface area contributed by atoms with E-state index < -0.39 is 0 Å². The number of aryl methyl sites for hydroxylation is 1. The highest BCUT2D eigenvalue weighted by Gasteiger charge is 2.36. The zero-order chi connectivity index (χ0) is 22.8. The molecule has 4 rings (SSSR count). The van der Waals surface area contributed by atoms with E-state index in [1.165, 1.54) is 16.2 Å². The molecule has 0 radical (unpaired) electrons. The van der Waals surface area contributed by atoms with E-state index in [0.717, 1.165) is 11.1 Å². The average molecular weight is 463 g/mol. The van der Waals surface area contributed by atoms with E-state index in [9.17, 15) is 9.59 Å². The highest BCUT2D eigenvalue weighted by molar-refractivity contribution is 8.26. The van der Waals surface area contributed by atoms with Gasteiger partial charge in [0.05, 0.1) is 16.5 Å². The number of carbonyl (C=O) groups is 1. The molecule has 1 N–H and O–H groups in total. The van der Waals surface area contributed by atoms with Crippen LogP contribution in [0.1, 0.15) is 29.7 Å². The normalized spacial score (nSPS) is 16.1. The number of nitrogens with zero attached hydrogens (tertiary/aromatic N) is 3. The third kappa shape index (κ3) is 3.99. The molecule has 1 amide bonds. The number of hydrogen-bond donors (Lipinski definition) is 1. The summed E-state index contributed by atoms with van der Waals surface area (Å²) in [7, 11) is 0. The van der Waals surface area contributed by atoms with Crippen LogP contribution < -0.4 is 10.9 Å². The third-order valence-corrected chi connectivity index (χ3v) is 6.60. The second-order valence-electron chi connectivity index (χ2n) is 7.37. The van der Waals surface area contributed by atoms with E-state index in [0.29, 0.717) is 32.8 Å². The van der Waals surface area contributed by atoms with Gasteiger partial charge in [-0.15, -0.1) is 6.58 Å². The van der Waals surface area contributed by atoms with E-state index in [1.54, 1.807) is 29.3 Å². The lowest BCUT2D eigenvalue weighted by atomic mass is 10.1. The Morgan fingerprint density at radius 2 is 1.97 bits per heavy atom. The Hall–Kier alpha value is -3.23. The van der Waals surface area contributed by atoms with Gasteiger partial charge >= 0.3 is 0 Å². The molecule has 0 saturated carbocycles. The summed E-state index contributed by atoms with van der Waals surface area (Å²) in [6, 6.07) is 13.2. The highest BCUT2D eigenvalue weighted by atomic mass is 32.2. The van der Waals surface area contributed by atoms with Gasteiger partial charge in [0.25, 0.3) is 11.5 Å². The molecule has 162 valence electrons. The zero-order valence-corrected chi connectivity index (χ0v) is 19.4. The number of pyridine rings is 1. The molecule has 0 spiro atoms. The van der Waals surface area contributed by atoms with Gasteiger partial charge in [-0.1, -0.05) is 66.5 Å².